The van der Waals surface area contributed by atoms with Gasteiger partial charge in [0.05, 0.1) is 0 Å². The first kappa shape index (κ1) is 19.5. The van der Waals surface area contributed by atoms with Crippen LogP contribution in [-0.4, -0.2) is 43.5 Å². The van der Waals surface area contributed by atoms with Gasteiger partial charge < -0.3 is 24.1 Å². The van der Waals surface area contributed by atoms with E-state index in [1.54, 1.807) is 48.4 Å². The summed E-state index contributed by atoms with van der Waals surface area (Å²) in [6, 6.07) is 10.1. The third-order valence-electron chi connectivity index (χ3n) is 3.74. The summed E-state index contributed by atoms with van der Waals surface area (Å²) in [5, 5.41) is 2.74. The molecule has 1 heterocycles. The van der Waals surface area contributed by atoms with E-state index in [0.29, 0.717) is 36.9 Å². The number of ether oxygens (including phenoxy) is 2. The first-order chi connectivity index (χ1) is 12.6. The van der Waals surface area contributed by atoms with Crippen molar-refractivity contribution in [3.05, 3.63) is 47.9 Å². The number of nitrogens with zero attached hydrogens (tertiary/aromatic N) is 1. The van der Waals surface area contributed by atoms with Gasteiger partial charge in [0.15, 0.2) is 12.4 Å². The lowest BCUT2D eigenvalue weighted by Crippen LogP contribution is -2.34. The number of anilines is 1. The molecule has 140 valence electrons. The Morgan fingerprint density at radius 3 is 2.62 bits per heavy atom. The third kappa shape index (κ3) is 5.35. The van der Waals surface area contributed by atoms with Gasteiger partial charge in [0.2, 0.25) is 0 Å². The van der Waals surface area contributed by atoms with E-state index in [9.17, 15) is 9.59 Å². The number of benzene rings is 1. The maximum atomic E-state index is 12.2. The summed E-state index contributed by atoms with van der Waals surface area (Å²) >= 11 is 0. The molecule has 1 N–H and O–H groups in total. The van der Waals surface area contributed by atoms with Gasteiger partial charge in [-0.1, -0.05) is 6.07 Å². The molecular formula is C19H24N2O5. The fraction of sp³-hybridized carbons (Fsp3) is 0.368. The Bertz CT molecular complexity index is 737. The second kappa shape index (κ2) is 9.62. The molecule has 0 aliphatic heterocycles. The minimum absolute atomic E-state index is 0.0440. The van der Waals surface area contributed by atoms with E-state index >= 15 is 0 Å². The van der Waals surface area contributed by atoms with Crippen molar-refractivity contribution in [2.75, 3.05) is 32.1 Å². The van der Waals surface area contributed by atoms with Crippen LogP contribution in [0, 0.1) is 0 Å². The summed E-state index contributed by atoms with van der Waals surface area (Å²) in [7, 11) is 1.55. The molecule has 7 heteroatoms. The van der Waals surface area contributed by atoms with E-state index in [2.05, 4.69) is 5.32 Å². The Morgan fingerprint density at radius 2 is 1.92 bits per heavy atom. The first-order valence-corrected chi connectivity index (χ1v) is 8.47. The number of hydrogen-bond donors (Lipinski definition) is 1. The molecule has 1 aromatic heterocycles. The second-order valence-electron chi connectivity index (χ2n) is 5.54. The molecule has 0 atom stereocenters. The van der Waals surface area contributed by atoms with Crippen molar-refractivity contribution in [1.29, 1.82) is 0 Å². The predicted molar refractivity (Wildman–Crippen MR) is 97.2 cm³/mol. The lowest BCUT2D eigenvalue weighted by molar-refractivity contribution is -0.132. The van der Waals surface area contributed by atoms with Gasteiger partial charge in [-0.25, -0.2) is 0 Å². The van der Waals surface area contributed by atoms with Crippen molar-refractivity contribution in [1.82, 2.24) is 4.90 Å². The number of nitrogens with one attached hydrogen (secondary N) is 1. The highest BCUT2D eigenvalue weighted by Gasteiger charge is 2.13. The van der Waals surface area contributed by atoms with Crippen LogP contribution < -0.4 is 10.1 Å². The van der Waals surface area contributed by atoms with Crippen molar-refractivity contribution in [3.8, 4) is 5.75 Å². The van der Waals surface area contributed by atoms with Crippen molar-refractivity contribution in [2.45, 2.75) is 20.5 Å². The maximum absolute atomic E-state index is 12.2. The van der Waals surface area contributed by atoms with Crippen LogP contribution in [0.4, 0.5) is 5.69 Å². The standard InChI is InChI=1S/C19H24N2O5/c1-4-21(5-2)18(22)13-25-15-8-6-7-14(11-15)20-19(23)17-10-9-16(26-17)12-24-3/h6-11H,4-5,12-13H2,1-3H3,(H,20,23). The molecule has 0 bridgehead atoms. The van der Waals surface area contributed by atoms with Crippen LogP contribution in [0.25, 0.3) is 0 Å². The van der Waals surface area contributed by atoms with Crippen molar-refractivity contribution in [3.63, 3.8) is 0 Å². The summed E-state index contributed by atoms with van der Waals surface area (Å²) in [5.41, 5.74) is 0.549. The summed E-state index contributed by atoms with van der Waals surface area (Å²) in [4.78, 5) is 25.9. The van der Waals surface area contributed by atoms with Crippen LogP contribution in [0.5, 0.6) is 5.75 Å². The van der Waals surface area contributed by atoms with Gasteiger partial charge in [0.25, 0.3) is 11.8 Å². The fourth-order valence-electron chi connectivity index (χ4n) is 2.39. The van der Waals surface area contributed by atoms with E-state index in [-0.39, 0.29) is 24.2 Å². The summed E-state index contributed by atoms with van der Waals surface area (Å²) in [6.45, 7) is 5.38. The average molecular weight is 360 g/mol. The van der Waals surface area contributed by atoms with E-state index < -0.39 is 0 Å². The predicted octanol–water partition coefficient (Wildman–Crippen LogP) is 2.93. The molecule has 0 fully saturated rings. The van der Waals surface area contributed by atoms with Gasteiger partial charge in [-0.2, -0.15) is 0 Å². The zero-order valence-electron chi connectivity index (χ0n) is 15.3. The smallest absolute Gasteiger partial charge is 0.291 e. The molecule has 26 heavy (non-hydrogen) atoms. The number of carbonyl (C=O) groups excluding carboxylic acids is 2. The number of amides is 2. The quantitative estimate of drug-likeness (QED) is 0.744. The van der Waals surface area contributed by atoms with Crippen LogP contribution in [0.3, 0.4) is 0 Å². The summed E-state index contributed by atoms with van der Waals surface area (Å²) in [5.74, 6) is 0.821. The Morgan fingerprint density at radius 1 is 1.15 bits per heavy atom. The number of carbonyl (C=O) groups is 2. The highest BCUT2D eigenvalue weighted by atomic mass is 16.5. The molecule has 0 saturated heterocycles. The lowest BCUT2D eigenvalue weighted by Gasteiger charge is -2.18. The van der Waals surface area contributed by atoms with Crippen molar-refractivity contribution < 1.29 is 23.5 Å². The van der Waals surface area contributed by atoms with Crippen molar-refractivity contribution >= 4 is 17.5 Å². The highest BCUT2D eigenvalue weighted by Crippen LogP contribution is 2.19. The number of likely N-dealkylation sites (N-methyl/N-ethyl adjacent to an activating group) is 1. The number of rotatable bonds is 9. The summed E-state index contributed by atoms with van der Waals surface area (Å²) in [6.07, 6.45) is 0. The zero-order chi connectivity index (χ0) is 18.9. The highest BCUT2D eigenvalue weighted by molar-refractivity contribution is 6.02. The topological polar surface area (TPSA) is 81.0 Å². The summed E-state index contributed by atoms with van der Waals surface area (Å²) < 4.78 is 15.9. The molecule has 1 aromatic carbocycles. The molecule has 2 rings (SSSR count). The van der Waals surface area contributed by atoms with Gasteiger partial charge in [-0.3, -0.25) is 9.59 Å². The number of hydrogen-bond acceptors (Lipinski definition) is 5. The van der Waals surface area contributed by atoms with Crippen LogP contribution in [0.2, 0.25) is 0 Å². The van der Waals surface area contributed by atoms with Crippen LogP contribution in [0.1, 0.15) is 30.2 Å². The van der Waals surface area contributed by atoms with Gasteiger partial charge >= 0.3 is 0 Å². The fourth-order valence-corrected chi connectivity index (χ4v) is 2.39. The van der Waals surface area contributed by atoms with Gasteiger partial charge in [-0.15, -0.1) is 0 Å². The Balaban J connectivity index is 1.95. The molecule has 0 aliphatic carbocycles. The van der Waals surface area contributed by atoms with Gasteiger partial charge in [-0.05, 0) is 38.1 Å². The van der Waals surface area contributed by atoms with Crippen molar-refractivity contribution in [2.24, 2.45) is 0 Å². The molecule has 0 radical (unpaired) electrons. The molecule has 2 amide bonds. The molecule has 7 nitrogen and oxygen atoms in total. The van der Waals surface area contributed by atoms with E-state index in [4.69, 9.17) is 13.9 Å². The van der Waals surface area contributed by atoms with Crippen LogP contribution >= 0.6 is 0 Å². The number of furan rings is 1. The van der Waals surface area contributed by atoms with E-state index in [0.717, 1.165) is 0 Å². The second-order valence-corrected chi connectivity index (χ2v) is 5.54. The first-order valence-electron chi connectivity index (χ1n) is 8.47. The van der Waals surface area contributed by atoms with Gasteiger partial charge in [0.1, 0.15) is 18.1 Å². The third-order valence-corrected chi connectivity index (χ3v) is 3.74. The van der Waals surface area contributed by atoms with Crippen LogP contribution in [0.15, 0.2) is 40.8 Å². The van der Waals surface area contributed by atoms with Gasteiger partial charge in [0, 0.05) is 32.0 Å². The monoisotopic (exact) mass is 360 g/mol. The largest absolute Gasteiger partial charge is 0.484 e. The van der Waals surface area contributed by atoms with E-state index in [1.165, 1.54) is 0 Å². The molecule has 0 spiro atoms. The zero-order valence-corrected chi connectivity index (χ0v) is 15.3. The molecule has 0 unspecified atom stereocenters. The van der Waals surface area contributed by atoms with Crippen LogP contribution in [-0.2, 0) is 16.1 Å². The Labute approximate surface area is 152 Å². The average Bonchev–Trinajstić information content (AvgIpc) is 3.10. The Hall–Kier alpha value is -2.80. The minimum atomic E-state index is -0.372. The lowest BCUT2D eigenvalue weighted by atomic mass is 10.3. The Kier molecular flexibility index (Phi) is 7.23. The molecular weight excluding hydrogens is 336 g/mol. The minimum Gasteiger partial charge on any atom is -0.484 e. The maximum Gasteiger partial charge on any atom is 0.291 e. The normalized spacial score (nSPS) is 10.4. The SMILES string of the molecule is CCN(CC)C(=O)COc1cccc(NC(=O)c2ccc(COC)o2)c1. The number of methoxy groups -OCH3 is 1. The molecule has 0 aliphatic rings. The molecule has 0 saturated carbocycles. The van der Waals surface area contributed by atoms with E-state index in [1.807, 2.05) is 13.8 Å². The molecule has 2 aromatic rings.